The van der Waals surface area contributed by atoms with Crippen molar-refractivity contribution in [2.75, 3.05) is 0 Å². The summed E-state index contributed by atoms with van der Waals surface area (Å²) in [5.41, 5.74) is 0.522. The number of nitrogens with zero attached hydrogens (tertiary/aromatic N) is 1. The summed E-state index contributed by atoms with van der Waals surface area (Å²) in [5, 5.41) is 8.82. The lowest BCUT2D eigenvalue weighted by Gasteiger charge is -2.25. The minimum absolute atomic E-state index is 0.103. The van der Waals surface area contributed by atoms with E-state index in [0.29, 0.717) is 5.69 Å². The maximum Gasteiger partial charge on any atom is 0.394 e. The average molecular weight is 211 g/mol. The van der Waals surface area contributed by atoms with Gasteiger partial charge in [-0.1, -0.05) is 13.3 Å². The fraction of sp³-hybridized carbons (Fsp3) is 0.727. The Hall–Kier alpha value is -1.03. The van der Waals surface area contributed by atoms with E-state index in [4.69, 9.17) is 14.3 Å². The summed E-state index contributed by atoms with van der Waals surface area (Å²) in [6, 6.07) is 0. The van der Waals surface area contributed by atoms with Crippen molar-refractivity contribution in [3.05, 3.63) is 12.0 Å². The van der Waals surface area contributed by atoms with Crippen LogP contribution in [-0.2, 0) is 6.61 Å². The van der Waals surface area contributed by atoms with Crippen LogP contribution in [0, 0.1) is 5.92 Å². The highest BCUT2D eigenvalue weighted by Gasteiger charge is 2.21. The van der Waals surface area contributed by atoms with Gasteiger partial charge in [0.2, 0.25) is 0 Å². The molecule has 0 amide bonds. The van der Waals surface area contributed by atoms with Crippen LogP contribution in [0.25, 0.3) is 0 Å². The maximum absolute atomic E-state index is 8.82. The first-order valence-corrected chi connectivity index (χ1v) is 5.50. The number of hydrogen-bond donors (Lipinski definition) is 1. The lowest BCUT2D eigenvalue weighted by molar-refractivity contribution is 0.0937. The van der Waals surface area contributed by atoms with Crippen molar-refractivity contribution >= 4 is 0 Å². The summed E-state index contributed by atoms with van der Waals surface area (Å²) < 4.78 is 10.7. The fourth-order valence-electron chi connectivity index (χ4n) is 2.04. The number of aliphatic hydroxyl groups is 1. The van der Waals surface area contributed by atoms with Crippen LogP contribution in [0.5, 0.6) is 6.08 Å². The van der Waals surface area contributed by atoms with Gasteiger partial charge in [-0.15, -0.1) is 0 Å². The summed E-state index contributed by atoms with van der Waals surface area (Å²) in [6.45, 7) is 2.14. The molecule has 4 heteroatoms. The van der Waals surface area contributed by atoms with Gasteiger partial charge in [-0.25, -0.2) is 0 Å². The first kappa shape index (κ1) is 10.5. The third-order valence-corrected chi connectivity index (χ3v) is 2.85. The Morgan fingerprint density at radius 2 is 2.47 bits per heavy atom. The molecule has 84 valence electrons. The number of ether oxygens (including phenoxy) is 1. The molecule has 0 spiro atoms. The predicted molar refractivity (Wildman–Crippen MR) is 54.5 cm³/mol. The Morgan fingerprint density at radius 1 is 1.60 bits per heavy atom. The number of aliphatic hydroxyl groups excluding tert-OH is 1. The van der Waals surface area contributed by atoms with E-state index in [1.165, 1.54) is 19.1 Å². The molecule has 1 saturated carbocycles. The van der Waals surface area contributed by atoms with Crippen LogP contribution in [0.15, 0.2) is 10.7 Å². The highest BCUT2D eigenvalue weighted by molar-refractivity contribution is 4.98. The molecule has 1 aliphatic carbocycles. The standard InChI is InChI=1S/C11H17NO3/c1-8-3-2-4-10(5-8)15-11-12-9(6-13)7-14-11/h7-8,10,13H,2-6H2,1H3. The summed E-state index contributed by atoms with van der Waals surface area (Å²) in [5.74, 6) is 0.719. The first-order chi connectivity index (χ1) is 7.28. The van der Waals surface area contributed by atoms with E-state index < -0.39 is 0 Å². The molecule has 15 heavy (non-hydrogen) atoms. The topological polar surface area (TPSA) is 55.5 Å². The molecular weight excluding hydrogens is 194 g/mol. The Morgan fingerprint density at radius 3 is 3.13 bits per heavy atom. The molecule has 1 aromatic rings. The van der Waals surface area contributed by atoms with Gasteiger partial charge in [0.05, 0.1) is 6.61 Å². The number of aromatic nitrogens is 1. The molecule has 1 aromatic heterocycles. The van der Waals surface area contributed by atoms with Crippen molar-refractivity contribution in [2.45, 2.75) is 45.3 Å². The van der Waals surface area contributed by atoms with E-state index in [1.54, 1.807) is 0 Å². The zero-order valence-electron chi connectivity index (χ0n) is 8.98. The largest absolute Gasteiger partial charge is 0.447 e. The summed E-state index contributed by atoms with van der Waals surface area (Å²) in [6.07, 6.45) is 6.57. The van der Waals surface area contributed by atoms with Gasteiger partial charge < -0.3 is 14.3 Å². The van der Waals surface area contributed by atoms with Crippen LogP contribution in [0.3, 0.4) is 0 Å². The molecule has 2 atom stereocenters. The molecule has 0 saturated heterocycles. The van der Waals surface area contributed by atoms with Gasteiger partial charge >= 0.3 is 6.08 Å². The molecule has 0 aromatic carbocycles. The second-order valence-electron chi connectivity index (χ2n) is 4.27. The van der Waals surface area contributed by atoms with Crippen molar-refractivity contribution in [3.63, 3.8) is 0 Å². The van der Waals surface area contributed by atoms with Gasteiger partial charge in [0.1, 0.15) is 18.1 Å². The molecule has 0 bridgehead atoms. The Labute approximate surface area is 89.3 Å². The quantitative estimate of drug-likeness (QED) is 0.832. The Balaban J connectivity index is 1.90. The van der Waals surface area contributed by atoms with Gasteiger partial charge in [0.25, 0.3) is 0 Å². The third-order valence-electron chi connectivity index (χ3n) is 2.85. The summed E-state index contributed by atoms with van der Waals surface area (Å²) >= 11 is 0. The smallest absolute Gasteiger partial charge is 0.394 e. The highest BCUT2D eigenvalue weighted by Crippen LogP contribution is 2.26. The van der Waals surface area contributed by atoms with Gasteiger partial charge in [0.15, 0.2) is 0 Å². The molecule has 0 radical (unpaired) electrons. The van der Waals surface area contributed by atoms with E-state index >= 15 is 0 Å². The van der Waals surface area contributed by atoms with Crippen molar-refractivity contribution in [1.29, 1.82) is 0 Å². The molecule has 1 N–H and O–H groups in total. The molecule has 1 aliphatic rings. The van der Waals surface area contributed by atoms with Crippen LogP contribution in [0.4, 0.5) is 0 Å². The molecular formula is C11H17NO3. The second kappa shape index (κ2) is 4.66. The van der Waals surface area contributed by atoms with E-state index in [9.17, 15) is 0 Å². The van der Waals surface area contributed by atoms with Gasteiger partial charge in [-0.2, -0.15) is 4.98 Å². The number of hydrogen-bond acceptors (Lipinski definition) is 4. The lowest BCUT2D eigenvalue weighted by atomic mass is 9.89. The predicted octanol–water partition coefficient (Wildman–Crippen LogP) is 2.12. The first-order valence-electron chi connectivity index (χ1n) is 5.50. The molecule has 2 unspecified atom stereocenters. The number of oxazole rings is 1. The fourth-order valence-corrected chi connectivity index (χ4v) is 2.04. The minimum atomic E-state index is -0.103. The molecule has 2 rings (SSSR count). The average Bonchev–Trinajstić information content (AvgIpc) is 2.65. The van der Waals surface area contributed by atoms with Crippen molar-refractivity contribution in [3.8, 4) is 6.08 Å². The normalized spacial score (nSPS) is 26.5. The van der Waals surface area contributed by atoms with Gasteiger partial charge in [-0.05, 0) is 25.2 Å². The summed E-state index contributed by atoms with van der Waals surface area (Å²) in [4.78, 5) is 4.01. The van der Waals surface area contributed by atoms with E-state index in [-0.39, 0.29) is 18.8 Å². The van der Waals surface area contributed by atoms with Crippen LogP contribution >= 0.6 is 0 Å². The van der Waals surface area contributed by atoms with E-state index in [1.807, 2.05) is 0 Å². The highest BCUT2D eigenvalue weighted by atomic mass is 16.6. The van der Waals surface area contributed by atoms with Crippen molar-refractivity contribution < 1.29 is 14.3 Å². The van der Waals surface area contributed by atoms with Crippen molar-refractivity contribution in [2.24, 2.45) is 5.92 Å². The molecule has 4 nitrogen and oxygen atoms in total. The second-order valence-corrected chi connectivity index (χ2v) is 4.27. The molecule has 1 heterocycles. The van der Waals surface area contributed by atoms with Gasteiger partial charge in [0, 0.05) is 0 Å². The molecule has 0 aliphatic heterocycles. The van der Waals surface area contributed by atoms with Crippen LogP contribution in [0.2, 0.25) is 0 Å². The van der Waals surface area contributed by atoms with Crippen LogP contribution in [-0.4, -0.2) is 16.2 Å². The third kappa shape index (κ3) is 2.72. The van der Waals surface area contributed by atoms with E-state index in [0.717, 1.165) is 18.8 Å². The monoisotopic (exact) mass is 211 g/mol. The zero-order chi connectivity index (χ0) is 10.7. The Bertz CT molecular complexity index is 311. The zero-order valence-corrected chi connectivity index (χ0v) is 8.98. The van der Waals surface area contributed by atoms with E-state index in [2.05, 4.69) is 11.9 Å². The van der Waals surface area contributed by atoms with Crippen LogP contribution in [0.1, 0.15) is 38.3 Å². The van der Waals surface area contributed by atoms with Crippen molar-refractivity contribution in [1.82, 2.24) is 4.98 Å². The van der Waals surface area contributed by atoms with Crippen LogP contribution < -0.4 is 4.74 Å². The SMILES string of the molecule is CC1CCCC(Oc2nc(CO)co2)C1. The lowest BCUT2D eigenvalue weighted by Crippen LogP contribution is -2.24. The minimum Gasteiger partial charge on any atom is -0.447 e. The number of rotatable bonds is 3. The maximum atomic E-state index is 8.82. The summed E-state index contributed by atoms with van der Waals surface area (Å²) in [7, 11) is 0. The molecule has 1 fully saturated rings. The Kier molecular flexibility index (Phi) is 3.26. The van der Waals surface area contributed by atoms with Gasteiger partial charge in [-0.3, -0.25) is 0 Å².